The summed E-state index contributed by atoms with van der Waals surface area (Å²) < 4.78 is 33.1. The molecule has 0 bridgehead atoms. The van der Waals surface area contributed by atoms with Crippen LogP contribution in [0.4, 0.5) is 0 Å². The molecule has 1 aliphatic rings. The number of aromatic nitrogens is 2. The van der Waals surface area contributed by atoms with E-state index < -0.39 is 10.0 Å². The minimum atomic E-state index is -3.44. The first-order valence-electron chi connectivity index (χ1n) is 5.54. The first-order chi connectivity index (χ1) is 7.89. The summed E-state index contributed by atoms with van der Waals surface area (Å²) in [7, 11) is -1.74. The molecule has 2 rings (SSSR count). The van der Waals surface area contributed by atoms with E-state index >= 15 is 0 Å². The van der Waals surface area contributed by atoms with Gasteiger partial charge in [0, 0.05) is 26.3 Å². The van der Waals surface area contributed by atoms with E-state index in [1.165, 1.54) is 21.4 Å². The van der Waals surface area contributed by atoms with Crippen LogP contribution in [-0.4, -0.2) is 47.8 Å². The predicted molar refractivity (Wildman–Crippen MR) is 62.0 cm³/mol. The van der Waals surface area contributed by atoms with Gasteiger partial charge in [0.1, 0.15) is 4.90 Å². The Balaban J connectivity index is 2.26. The van der Waals surface area contributed by atoms with Crippen LogP contribution in [0.2, 0.25) is 0 Å². The summed E-state index contributed by atoms with van der Waals surface area (Å²) in [5.74, 6) is 0. The van der Waals surface area contributed by atoms with Gasteiger partial charge in [-0.2, -0.15) is 9.40 Å². The van der Waals surface area contributed by atoms with Gasteiger partial charge in [0.2, 0.25) is 10.0 Å². The molecule has 2 heterocycles. The number of nitrogens with zero attached hydrogens (tertiary/aromatic N) is 3. The van der Waals surface area contributed by atoms with E-state index in [9.17, 15) is 8.42 Å². The Kier molecular flexibility index (Phi) is 3.24. The highest BCUT2D eigenvalue weighted by atomic mass is 32.2. The third-order valence-electron chi connectivity index (χ3n) is 2.71. The molecule has 2 unspecified atom stereocenters. The molecule has 1 aromatic rings. The van der Waals surface area contributed by atoms with Crippen LogP contribution in [0.15, 0.2) is 17.3 Å². The number of sulfonamides is 1. The average molecular weight is 259 g/mol. The SMILES string of the molecule is CC1CN(S(=O)(=O)c2cnn(C)c2)CC(C)O1. The molecule has 1 aliphatic heterocycles. The van der Waals surface area contributed by atoms with E-state index in [2.05, 4.69) is 5.10 Å². The summed E-state index contributed by atoms with van der Waals surface area (Å²) in [6.07, 6.45) is 2.73. The maximum Gasteiger partial charge on any atom is 0.246 e. The average Bonchev–Trinajstić information content (AvgIpc) is 2.64. The fraction of sp³-hybridized carbons (Fsp3) is 0.700. The molecule has 7 heteroatoms. The number of morpholine rings is 1. The van der Waals surface area contributed by atoms with Gasteiger partial charge in [0.25, 0.3) is 0 Å². The second kappa shape index (κ2) is 4.40. The van der Waals surface area contributed by atoms with Crippen LogP contribution >= 0.6 is 0 Å². The zero-order valence-electron chi connectivity index (χ0n) is 10.2. The molecule has 0 aliphatic carbocycles. The van der Waals surface area contributed by atoms with Gasteiger partial charge < -0.3 is 4.74 Å². The van der Waals surface area contributed by atoms with Crippen LogP contribution < -0.4 is 0 Å². The Hall–Kier alpha value is -0.920. The minimum absolute atomic E-state index is 0.0785. The van der Waals surface area contributed by atoms with Gasteiger partial charge in [-0.1, -0.05) is 0 Å². The van der Waals surface area contributed by atoms with Crippen molar-refractivity contribution in [2.45, 2.75) is 31.0 Å². The van der Waals surface area contributed by atoms with Crippen molar-refractivity contribution < 1.29 is 13.2 Å². The van der Waals surface area contributed by atoms with E-state index in [0.717, 1.165) is 0 Å². The monoisotopic (exact) mass is 259 g/mol. The molecular weight excluding hydrogens is 242 g/mol. The van der Waals surface area contributed by atoms with E-state index in [-0.39, 0.29) is 17.1 Å². The lowest BCUT2D eigenvalue weighted by Crippen LogP contribution is -2.48. The number of ether oxygens (including phenoxy) is 1. The highest BCUT2D eigenvalue weighted by Crippen LogP contribution is 2.20. The minimum Gasteiger partial charge on any atom is -0.373 e. The van der Waals surface area contributed by atoms with Crippen molar-refractivity contribution in [2.75, 3.05) is 13.1 Å². The van der Waals surface area contributed by atoms with Crippen LogP contribution in [0, 0.1) is 0 Å². The molecule has 0 N–H and O–H groups in total. The molecule has 0 aromatic carbocycles. The van der Waals surface area contributed by atoms with Crippen LogP contribution in [-0.2, 0) is 21.8 Å². The second-order valence-electron chi connectivity index (χ2n) is 4.43. The van der Waals surface area contributed by atoms with Crippen LogP contribution in [0.25, 0.3) is 0 Å². The molecule has 1 saturated heterocycles. The lowest BCUT2D eigenvalue weighted by Gasteiger charge is -2.34. The lowest BCUT2D eigenvalue weighted by atomic mass is 10.3. The number of hydrogen-bond donors (Lipinski definition) is 0. The van der Waals surface area contributed by atoms with Gasteiger partial charge in [-0.15, -0.1) is 0 Å². The van der Waals surface area contributed by atoms with Crippen molar-refractivity contribution in [3.63, 3.8) is 0 Å². The summed E-state index contributed by atoms with van der Waals surface area (Å²) in [5, 5.41) is 3.90. The van der Waals surface area contributed by atoms with Gasteiger partial charge in [0.05, 0.1) is 18.4 Å². The van der Waals surface area contributed by atoms with Crippen molar-refractivity contribution >= 4 is 10.0 Å². The van der Waals surface area contributed by atoms with E-state index in [4.69, 9.17) is 4.74 Å². The largest absolute Gasteiger partial charge is 0.373 e. The van der Waals surface area contributed by atoms with Crippen molar-refractivity contribution in [3.05, 3.63) is 12.4 Å². The highest BCUT2D eigenvalue weighted by Gasteiger charge is 2.32. The molecule has 2 atom stereocenters. The zero-order chi connectivity index (χ0) is 12.6. The Morgan fingerprint density at radius 3 is 2.41 bits per heavy atom. The fourth-order valence-corrected chi connectivity index (χ4v) is 3.58. The normalized spacial score (nSPS) is 27.2. The summed E-state index contributed by atoms with van der Waals surface area (Å²) in [6, 6.07) is 0. The number of hydrogen-bond acceptors (Lipinski definition) is 4. The summed E-state index contributed by atoms with van der Waals surface area (Å²) >= 11 is 0. The molecule has 1 fully saturated rings. The van der Waals surface area contributed by atoms with Crippen LogP contribution in [0.3, 0.4) is 0 Å². The zero-order valence-corrected chi connectivity index (χ0v) is 11.0. The fourth-order valence-electron chi connectivity index (χ4n) is 2.01. The Labute approximate surface area is 101 Å². The maximum absolute atomic E-state index is 12.3. The van der Waals surface area contributed by atoms with Gasteiger partial charge in [-0.3, -0.25) is 4.68 Å². The van der Waals surface area contributed by atoms with Gasteiger partial charge >= 0.3 is 0 Å². The van der Waals surface area contributed by atoms with E-state index in [1.807, 2.05) is 13.8 Å². The molecule has 1 aromatic heterocycles. The molecule has 0 radical (unpaired) electrons. The van der Waals surface area contributed by atoms with E-state index in [1.54, 1.807) is 7.05 Å². The molecule has 0 saturated carbocycles. The molecule has 0 spiro atoms. The summed E-state index contributed by atoms with van der Waals surface area (Å²) in [5.41, 5.74) is 0. The summed E-state index contributed by atoms with van der Waals surface area (Å²) in [4.78, 5) is 0.237. The molecule has 96 valence electrons. The Bertz CT molecular complexity index is 487. The standard InChI is InChI=1S/C10H17N3O3S/c1-8-5-13(6-9(2)16-8)17(14,15)10-4-11-12(3)7-10/h4,7-9H,5-6H2,1-3H3. The number of aryl methyl sites for hydroxylation is 1. The summed E-state index contributed by atoms with van der Waals surface area (Å²) in [6.45, 7) is 4.53. The topological polar surface area (TPSA) is 64.4 Å². The lowest BCUT2D eigenvalue weighted by molar-refractivity contribution is -0.0440. The van der Waals surface area contributed by atoms with Gasteiger partial charge in [0.15, 0.2) is 0 Å². The smallest absolute Gasteiger partial charge is 0.246 e. The van der Waals surface area contributed by atoms with Crippen molar-refractivity contribution in [1.82, 2.24) is 14.1 Å². The van der Waals surface area contributed by atoms with Crippen molar-refractivity contribution in [3.8, 4) is 0 Å². The third-order valence-corrected chi connectivity index (χ3v) is 4.49. The highest BCUT2D eigenvalue weighted by molar-refractivity contribution is 7.89. The Morgan fingerprint density at radius 1 is 1.35 bits per heavy atom. The molecule has 17 heavy (non-hydrogen) atoms. The Morgan fingerprint density at radius 2 is 1.94 bits per heavy atom. The van der Waals surface area contributed by atoms with Crippen molar-refractivity contribution in [2.24, 2.45) is 7.05 Å². The molecular formula is C10H17N3O3S. The maximum atomic E-state index is 12.3. The third kappa shape index (κ3) is 2.51. The van der Waals surface area contributed by atoms with Gasteiger partial charge in [-0.05, 0) is 13.8 Å². The number of rotatable bonds is 2. The van der Waals surface area contributed by atoms with Crippen molar-refractivity contribution in [1.29, 1.82) is 0 Å². The predicted octanol–water partition coefficient (Wildman–Crippen LogP) is 0.218. The van der Waals surface area contributed by atoms with Crippen LogP contribution in [0.5, 0.6) is 0 Å². The quantitative estimate of drug-likeness (QED) is 0.762. The first kappa shape index (κ1) is 12.5. The van der Waals surface area contributed by atoms with E-state index in [0.29, 0.717) is 13.1 Å². The second-order valence-corrected chi connectivity index (χ2v) is 6.37. The first-order valence-corrected chi connectivity index (χ1v) is 6.98. The van der Waals surface area contributed by atoms with Gasteiger partial charge in [-0.25, -0.2) is 8.42 Å². The molecule has 0 amide bonds. The van der Waals surface area contributed by atoms with Crippen LogP contribution in [0.1, 0.15) is 13.8 Å². The molecule has 6 nitrogen and oxygen atoms in total.